The van der Waals surface area contributed by atoms with Crippen LogP contribution in [0, 0.1) is 0 Å². The highest BCUT2D eigenvalue weighted by Gasteiger charge is 2.19. The van der Waals surface area contributed by atoms with Crippen LogP contribution in [0.25, 0.3) is 16.9 Å². The summed E-state index contributed by atoms with van der Waals surface area (Å²) >= 11 is 0. The Hall–Kier alpha value is -3.94. The van der Waals surface area contributed by atoms with E-state index in [-0.39, 0.29) is 11.5 Å². The molecule has 5 rings (SSSR count). The average Bonchev–Trinajstić information content (AvgIpc) is 3.30. The Morgan fingerprint density at radius 2 is 1.90 bits per heavy atom. The van der Waals surface area contributed by atoms with Crippen molar-refractivity contribution >= 4 is 22.9 Å². The fourth-order valence-corrected chi connectivity index (χ4v) is 3.96. The molecule has 0 atom stereocenters. The number of hydrogen-bond acceptors (Lipinski definition) is 5. The van der Waals surface area contributed by atoms with E-state index < -0.39 is 0 Å². The first-order valence-corrected chi connectivity index (χ1v) is 10.4. The van der Waals surface area contributed by atoms with Gasteiger partial charge in [-0.25, -0.2) is 9.97 Å². The predicted molar refractivity (Wildman–Crippen MR) is 119 cm³/mol. The number of carbonyl (C=O) groups excluding carboxylic acids is 1. The molecule has 1 fully saturated rings. The number of imidazole rings is 1. The number of anilines is 2. The van der Waals surface area contributed by atoms with Gasteiger partial charge in [0.1, 0.15) is 5.69 Å². The summed E-state index contributed by atoms with van der Waals surface area (Å²) in [5.41, 5.74) is 4.28. The Morgan fingerprint density at radius 3 is 2.68 bits per heavy atom. The average molecular weight is 414 g/mol. The fraction of sp³-hybridized carbons (Fsp3) is 0.217. The van der Waals surface area contributed by atoms with E-state index in [1.54, 1.807) is 30.7 Å². The minimum Gasteiger partial charge on any atom is -0.351 e. The van der Waals surface area contributed by atoms with Gasteiger partial charge in [-0.3, -0.25) is 14.0 Å². The molecule has 1 aliphatic rings. The van der Waals surface area contributed by atoms with Crippen LogP contribution >= 0.6 is 0 Å². The summed E-state index contributed by atoms with van der Waals surface area (Å²) in [7, 11) is 0. The Bertz CT molecular complexity index is 1290. The first-order valence-electron chi connectivity index (χ1n) is 10.4. The second-order valence-electron chi connectivity index (χ2n) is 7.60. The van der Waals surface area contributed by atoms with Gasteiger partial charge in [-0.1, -0.05) is 0 Å². The lowest BCUT2D eigenvalue weighted by molar-refractivity contribution is 0.0718. The van der Waals surface area contributed by atoms with E-state index in [1.165, 1.54) is 6.42 Å². The quantitative estimate of drug-likeness (QED) is 0.533. The summed E-state index contributed by atoms with van der Waals surface area (Å²) in [4.78, 5) is 37.7. The van der Waals surface area contributed by atoms with E-state index in [2.05, 4.69) is 20.3 Å². The zero-order chi connectivity index (χ0) is 21.2. The molecule has 0 aliphatic carbocycles. The van der Waals surface area contributed by atoms with Crippen LogP contribution in [0.1, 0.15) is 29.8 Å². The van der Waals surface area contributed by atoms with Gasteiger partial charge >= 0.3 is 0 Å². The molecule has 5 heterocycles. The van der Waals surface area contributed by atoms with Gasteiger partial charge in [0.25, 0.3) is 5.91 Å². The Labute approximate surface area is 178 Å². The number of aromatic amines is 1. The fourth-order valence-electron chi connectivity index (χ4n) is 3.96. The Morgan fingerprint density at radius 1 is 1.03 bits per heavy atom. The minimum atomic E-state index is -0.154. The maximum absolute atomic E-state index is 12.6. The lowest BCUT2D eigenvalue weighted by atomic mass is 10.1. The maximum atomic E-state index is 12.6. The lowest BCUT2D eigenvalue weighted by Crippen LogP contribution is -2.36. The Kier molecular flexibility index (Phi) is 4.95. The number of pyridine rings is 3. The topological polar surface area (TPSA) is 95.4 Å². The number of amides is 1. The number of carbonyl (C=O) groups is 1. The highest BCUT2D eigenvalue weighted by atomic mass is 16.2. The number of nitrogens with zero attached hydrogens (tertiary/aromatic N) is 4. The number of hydrogen-bond donors (Lipinski definition) is 2. The van der Waals surface area contributed by atoms with Crippen molar-refractivity contribution in [2.45, 2.75) is 19.3 Å². The van der Waals surface area contributed by atoms with Gasteiger partial charge in [-0.05, 0) is 49.6 Å². The molecule has 0 aromatic carbocycles. The van der Waals surface area contributed by atoms with Crippen molar-refractivity contribution in [2.75, 3.05) is 18.4 Å². The second kappa shape index (κ2) is 8.06. The van der Waals surface area contributed by atoms with Crippen LogP contribution in [0.4, 0.5) is 11.4 Å². The summed E-state index contributed by atoms with van der Waals surface area (Å²) in [6.45, 7) is 1.61. The molecule has 0 unspecified atom stereocenters. The smallest absolute Gasteiger partial charge is 0.272 e. The molecule has 4 aromatic rings. The predicted octanol–water partition coefficient (Wildman–Crippen LogP) is 3.45. The van der Waals surface area contributed by atoms with Gasteiger partial charge in [0.15, 0.2) is 5.65 Å². The molecule has 8 heteroatoms. The van der Waals surface area contributed by atoms with Crippen molar-refractivity contribution in [2.24, 2.45) is 0 Å². The van der Waals surface area contributed by atoms with Crippen LogP contribution in [0.15, 0.2) is 66.0 Å². The highest BCUT2D eigenvalue weighted by molar-refractivity contribution is 5.92. The number of nitrogens with one attached hydrogen (secondary N) is 2. The molecule has 4 aromatic heterocycles. The third-order valence-electron chi connectivity index (χ3n) is 5.52. The van der Waals surface area contributed by atoms with Crippen molar-refractivity contribution in [3.63, 3.8) is 0 Å². The molecule has 0 radical (unpaired) electrons. The van der Waals surface area contributed by atoms with Gasteiger partial charge < -0.3 is 15.2 Å². The standard InChI is InChI=1S/C23H22N6O2/c30-21-14-16(8-9-24-21)20-7-6-18(22-25-10-13-29(20)22)27-17-4-5-19(26-15-17)23(31)28-11-2-1-3-12-28/h4-10,13-15,27H,1-3,11-12H2,(H,24,30). The van der Waals surface area contributed by atoms with Crippen LogP contribution < -0.4 is 10.9 Å². The third kappa shape index (κ3) is 3.79. The van der Waals surface area contributed by atoms with Crippen molar-refractivity contribution in [1.82, 2.24) is 24.3 Å². The van der Waals surface area contributed by atoms with E-state index in [4.69, 9.17) is 0 Å². The summed E-state index contributed by atoms with van der Waals surface area (Å²) < 4.78 is 1.93. The summed E-state index contributed by atoms with van der Waals surface area (Å²) in [5, 5.41) is 3.33. The molecule has 1 saturated heterocycles. The minimum absolute atomic E-state index is 0.0101. The summed E-state index contributed by atoms with van der Waals surface area (Å²) in [5.74, 6) is -0.0101. The van der Waals surface area contributed by atoms with Crippen molar-refractivity contribution in [1.29, 1.82) is 0 Å². The molecule has 0 saturated carbocycles. The second-order valence-corrected chi connectivity index (χ2v) is 7.60. The van der Waals surface area contributed by atoms with Gasteiger partial charge in [0.05, 0.1) is 23.3 Å². The monoisotopic (exact) mass is 414 g/mol. The van der Waals surface area contributed by atoms with Crippen LogP contribution in [-0.4, -0.2) is 43.2 Å². The van der Waals surface area contributed by atoms with Crippen LogP contribution in [0.2, 0.25) is 0 Å². The summed E-state index contributed by atoms with van der Waals surface area (Å²) in [6, 6.07) is 10.9. The van der Waals surface area contributed by atoms with E-state index in [1.807, 2.05) is 39.8 Å². The molecule has 31 heavy (non-hydrogen) atoms. The molecule has 1 aliphatic heterocycles. The number of likely N-dealkylation sites (tertiary alicyclic amines) is 1. The molecule has 0 bridgehead atoms. The van der Waals surface area contributed by atoms with E-state index in [0.29, 0.717) is 5.69 Å². The van der Waals surface area contributed by atoms with Gasteiger partial charge in [-0.2, -0.15) is 0 Å². The van der Waals surface area contributed by atoms with Crippen molar-refractivity contribution < 1.29 is 4.79 Å². The first kappa shape index (κ1) is 19.0. The van der Waals surface area contributed by atoms with E-state index >= 15 is 0 Å². The zero-order valence-corrected chi connectivity index (χ0v) is 16.9. The molecule has 0 spiro atoms. The van der Waals surface area contributed by atoms with Gasteiger partial charge in [0.2, 0.25) is 5.56 Å². The normalized spacial score (nSPS) is 14.0. The first-order chi connectivity index (χ1) is 15.2. The number of aromatic nitrogens is 4. The number of rotatable bonds is 4. The van der Waals surface area contributed by atoms with E-state index in [9.17, 15) is 9.59 Å². The maximum Gasteiger partial charge on any atom is 0.272 e. The third-order valence-corrected chi connectivity index (χ3v) is 5.52. The van der Waals surface area contributed by atoms with Crippen LogP contribution in [0.5, 0.6) is 0 Å². The van der Waals surface area contributed by atoms with Gasteiger partial charge in [-0.15, -0.1) is 0 Å². The largest absolute Gasteiger partial charge is 0.351 e. The zero-order valence-electron chi connectivity index (χ0n) is 16.9. The molecule has 156 valence electrons. The number of piperidine rings is 1. The van der Waals surface area contributed by atoms with Crippen LogP contribution in [0.3, 0.4) is 0 Å². The number of fused-ring (bicyclic) bond motifs is 1. The molecular formula is C23H22N6O2. The number of H-pyrrole nitrogens is 1. The Balaban J connectivity index is 1.40. The molecule has 1 amide bonds. The summed E-state index contributed by atoms with van der Waals surface area (Å²) in [6.07, 6.45) is 10.2. The van der Waals surface area contributed by atoms with Crippen molar-refractivity contribution in [3.8, 4) is 11.3 Å². The molecular weight excluding hydrogens is 392 g/mol. The van der Waals surface area contributed by atoms with Gasteiger partial charge in [0, 0.05) is 43.3 Å². The molecule has 8 nitrogen and oxygen atoms in total. The van der Waals surface area contributed by atoms with Crippen molar-refractivity contribution in [3.05, 3.63) is 77.2 Å². The molecule has 2 N–H and O–H groups in total. The van der Waals surface area contributed by atoms with Crippen LogP contribution in [-0.2, 0) is 0 Å². The van der Waals surface area contributed by atoms with E-state index in [0.717, 1.165) is 54.2 Å². The SMILES string of the molecule is O=C(c1ccc(Nc2ccc(-c3cc[nH]c(=O)c3)n3ccnc23)cn1)N1CCCCC1. The lowest BCUT2D eigenvalue weighted by Gasteiger charge is -2.26. The highest BCUT2D eigenvalue weighted by Crippen LogP contribution is 2.26.